The van der Waals surface area contributed by atoms with Gasteiger partial charge in [0, 0.05) is 33.2 Å². The van der Waals surface area contributed by atoms with Crippen LogP contribution in [0.15, 0.2) is 24.3 Å². The van der Waals surface area contributed by atoms with E-state index in [0.29, 0.717) is 0 Å². The minimum atomic E-state index is 0.0419. The van der Waals surface area contributed by atoms with E-state index in [-0.39, 0.29) is 11.8 Å². The van der Waals surface area contributed by atoms with Crippen LogP contribution in [0.4, 0.5) is 5.95 Å². The van der Waals surface area contributed by atoms with Crippen LogP contribution < -0.4 is 10.2 Å². The number of piperidine rings is 1. The number of rotatable bonds is 7. The number of hydrogen-bond acceptors (Lipinski definition) is 4. The third-order valence-corrected chi connectivity index (χ3v) is 5.46. The van der Waals surface area contributed by atoms with E-state index in [1.165, 1.54) is 0 Å². The fourth-order valence-electron chi connectivity index (χ4n) is 3.81. The van der Waals surface area contributed by atoms with Crippen molar-refractivity contribution >= 4 is 22.9 Å². The zero-order valence-corrected chi connectivity index (χ0v) is 16.2. The molecule has 3 rings (SSSR count). The number of benzene rings is 1. The van der Waals surface area contributed by atoms with Crippen LogP contribution in [-0.4, -0.2) is 59.6 Å². The van der Waals surface area contributed by atoms with E-state index in [4.69, 9.17) is 4.98 Å². The first kappa shape index (κ1) is 18.7. The standard InChI is InChI=1S/C20H31N5O/c1-4-24(5-2)14-12-21-19(26)16-9-8-13-25(15-16)20-22-17-10-6-7-11-18(17)23(20)3/h6-7,10-11,16H,4-5,8-9,12-15H2,1-3H3,(H,21,26). The highest BCUT2D eigenvalue weighted by atomic mass is 16.1. The molecule has 142 valence electrons. The number of carbonyl (C=O) groups is 1. The van der Waals surface area contributed by atoms with Crippen LogP contribution in [0.1, 0.15) is 26.7 Å². The monoisotopic (exact) mass is 357 g/mol. The maximum Gasteiger partial charge on any atom is 0.224 e. The molecule has 0 aliphatic carbocycles. The predicted molar refractivity (Wildman–Crippen MR) is 106 cm³/mol. The van der Waals surface area contributed by atoms with Crippen molar-refractivity contribution in [3.63, 3.8) is 0 Å². The Morgan fingerprint density at radius 1 is 1.31 bits per heavy atom. The van der Waals surface area contributed by atoms with Gasteiger partial charge in [-0.15, -0.1) is 0 Å². The summed E-state index contributed by atoms with van der Waals surface area (Å²) >= 11 is 0. The topological polar surface area (TPSA) is 53.4 Å². The molecule has 1 saturated heterocycles. The Kier molecular flexibility index (Phi) is 6.14. The Bertz CT molecular complexity index is 737. The van der Waals surface area contributed by atoms with Crippen molar-refractivity contribution in [1.82, 2.24) is 19.8 Å². The van der Waals surface area contributed by atoms with Gasteiger partial charge in [-0.25, -0.2) is 4.98 Å². The van der Waals surface area contributed by atoms with Gasteiger partial charge in [0.1, 0.15) is 0 Å². The molecule has 0 bridgehead atoms. The second kappa shape index (κ2) is 8.54. The van der Waals surface area contributed by atoms with Crippen molar-refractivity contribution in [2.45, 2.75) is 26.7 Å². The lowest BCUT2D eigenvalue weighted by Crippen LogP contribution is -2.45. The van der Waals surface area contributed by atoms with E-state index in [1.54, 1.807) is 0 Å². The number of anilines is 1. The molecule has 1 fully saturated rings. The first-order chi connectivity index (χ1) is 12.6. The van der Waals surface area contributed by atoms with Crippen molar-refractivity contribution in [2.75, 3.05) is 44.2 Å². The maximum absolute atomic E-state index is 12.6. The predicted octanol–water partition coefficient (Wildman–Crippen LogP) is 2.25. The van der Waals surface area contributed by atoms with Gasteiger partial charge in [-0.3, -0.25) is 4.79 Å². The smallest absolute Gasteiger partial charge is 0.224 e. The van der Waals surface area contributed by atoms with Crippen LogP contribution in [0.2, 0.25) is 0 Å². The van der Waals surface area contributed by atoms with Gasteiger partial charge in [-0.2, -0.15) is 0 Å². The number of nitrogens with zero attached hydrogens (tertiary/aromatic N) is 4. The molecule has 6 heteroatoms. The molecule has 1 unspecified atom stereocenters. The van der Waals surface area contributed by atoms with Crippen molar-refractivity contribution in [3.8, 4) is 0 Å². The molecule has 2 heterocycles. The number of likely N-dealkylation sites (N-methyl/N-ethyl adjacent to an activating group) is 1. The Morgan fingerprint density at radius 3 is 2.81 bits per heavy atom. The number of fused-ring (bicyclic) bond motifs is 1. The SMILES string of the molecule is CCN(CC)CCNC(=O)C1CCCN(c2nc3ccccc3n2C)C1. The van der Waals surface area contributed by atoms with Crippen molar-refractivity contribution in [2.24, 2.45) is 13.0 Å². The van der Waals surface area contributed by atoms with E-state index in [9.17, 15) is 4.79 Å². The number of nitrogens with one attached hydrogen (secondary N) is 1. The summed E-state index contributed by atoms with van der Waals surface area (Å²) < 4.78 is 2.13. The summed E-state index contributed by atoms with van der Waals surface area (Å²) in [5.74, 6) is 1.19. The highest BCUT2D eigenvalue weighted by molar-refractivity contribution is 5.81. The first-order valence-electron chi connectivity index (χ1n) is 9.80. The van der Waals surface area contributed by atoms with E-state index in [1.807, 2.05) is 18.2 Å². The van der Waals surface area contributed by atoms with Gasteiger partial charge < -0.3 is 19.7 Å². The number of imidazole rings is 1. The van der Waals surface area contributed by atoms with Gasteiger partial charge >= 0.3 is 0 Å². The summed E-state index contributed by atoms with van der Waals surface area (Å²) in [6.07, 6.45) is 1.98. The Balaban J connectivity index is 1.61. The molecule has 26 heavy (non-hydrogen) atoms. The summed E-state index contributed by atoms with van der Waals surface area (Å²) in [4.78, 5) is 22.0. The van der Waals surface area contributed by atoms with Gasteiger partial charge in [0.25, 0.3) is 0 Å². The fourth-order valence-corrected chi connectivity index (χ4v) is 3.81. The number of carbonyl (C=O) groups excluding carboxylic acids is 1. The molecule has 0 saturated carbocycles. The third kappa shape index (κ3) is 4.01. The molecule has 1 aliphatic heterocycles. The van der Waals surface area contributed by atoms with Crippen LogP contribution in [0.3, 0.4) is 0 Å². The molecule has 1 atom stereocenters. The molecular formula is C20H31N5O. The number of aromatic nitrogens is 2. The van der Waals surface area contributed by atoms with E-state index >= 15 is 0 Å². The van der Waals surface area contributed by atoms with Crippen LogP contribution in [0.5, 0.6) is 0 Å². The number of hydrogen-bond donors (Lipinski definition) is 1. The fraction of sp³-hybridized carbons (Fsp3) is 0.600. The molecule has 1 amide bonds. The van der Waals surface area contributed by atoms with Crippen LogP contribution in [0, 0.1) is 5.92 Å². The maximum atomic E-state index is 12.6. The summed E-state index contributed by atoms with van der Waals surface area (Å²) in [7, 11) is 2.05. The average Bonchev–Trinajstić information content (AvgIpc) is 3.02. The normalized spacial score (nSPS) is 17.8. The van der Waals surface area contributed by atoms with Gasteiger partial charge in [0.2, 0.25) is 11.9 Å². The Labute approximate surface area is 156 Å². The summed E-state index contributed by atoms with van der Waals surface area (Å²) in [5, 5.41) is 3.13. The van der Waals surface area contributed by atoms with Crippen LogP contribution >= 0.6 is 0 Å². The molecule has 1 aromatic carbocycles. The quantitative estimate of drug-likeness (QED) is 0.826. The largest absolute Gasteiger partial charge is 0.355 e. The average molecular weight is 358 g/mol. The van der Waals surface area contributed by atoms with E-state index < -0.39 is 0 Å². The van der Waals surface area contributed by atoms with Crippen molar-refractivity contribution < 1.29 is 4.79 Å². The number of para-hydroxylation sites is 2. The molecule has 0 radical (unpaired) electrons. The lowest BCUT2D eigenvalue weighted by molar-refractivity contribution is -0.125. The minimum Gasteiger partial charge on any atom is -0.355 e. The highest BCUT2D eigenvalue weighted by Crippen LogP contribution is 2.25. The van der Waals surface area contributed by atoms with Crippen LogP contribution in [-0.2, 0) is 11.8 Å². The Morgan fingerprint density at radius 2 is 2.08 bits per heavy atom. The lowest BCUT2D eigenvalue weighted by Gasteiger charge is -2.32. The van der Waals surface area contributed by atoms with Gasteiger partial charge in [0.15, 0.2) is 0 Å². The summed E-state index contributed by atoms with van der Waals surface area (Å²) in [5.41, 5.74) is 2.14. The number of amides is 1. The molecule has 0 spiro atoms. The zero-order valence-electron chi connectivity index (χ0n) is 16.2. The summed E-state index contributed by atoms with van der Waals surface area (Å²) in [6.45, 7) is 9.70. The molecule has 1 aromatic heterocycles. The first-order valence-corrected chi connectivity index (χ1v) is 9.80. The lowest BCUT2D eigenvalue weighted by atomic mass is 9.97. The van der Waals surface area contributed by atoms with Crippen LogP contribution in [0.25, 0.3) is 11.0 Å². The van der Waals surface area contributed by atoms with E-state index in [2.05, 4.69) is 46.6 Å². The third-order valence-electron chi connectivity index (χ3n) is 5.46. The number of aryl methyl sites for hydroxylation is 1. The highest BCUT2D eigenvalue weighted by Gasteiger charge is 2.28. The molecule has 6 nitrogen and oxygen atoms in total. The molecule has 1 aliphatic rings. The minimum absolute atomic E-state index is 0.0419. The van der Waals surface area contributed by atoms with Gasteiger partial charge in [0.05, 0.1) is 17.0 Å². The second-order valence-electron chi connectivity index (χ2n) is 7.06. The molecule has 2 aromatic rings. The summed E-state index contributed by atoms with van der Waals surface area (Å²) in [6, 6.07) is 8.19. The molecule has 1 N–H and O–H groups in total. The zero-order chi connectivity index (χ0) is 18.5. The van der Waals surface area contributed by atoms with Crippen molar-refractivity contribution in [1.29, 1.82) is 0 Å². The van der Waals surface area contributed by atoms with Gasteiger partial charge in [-0.05, 0) is 38.1 Å². The van der Waals surface area contributed by atoms with E-state index in [0.717, 1.165) is 69.1 Å². The molecular weight excluding hydrogens is 326 g/mol. The van der Waals surface area contributed by atoms with Crippen molar-refractivity contribution in [3.05, 3.63) is 24.3 Å². The second-order valence-corrected chi connectivity index (χ2v) is 7.06. The Hall–Kier alpha value is -2.08. The van der Waals surface area contributed by atoms with Gasteiger partial charge in [-0.1, -0.05) is 26.0 Å².